The van der Waals surface area contributed by atoms with E-state index in [4.69, 9.17) is 14.6 Å². The minimum Gasteiger partial charge on any atom is -0.491 e. The summed E-state index contributed by atoms with van der Waals surface area (Å²) in [7, 11) is 0. The minimum atomic E-state index is -0.896. The summed E-state index contributed by atoms with van der Waals surface area (Å²) >= 11 is 0. The Labute approximate surface area is 170 Å². The van der Waals surface area contributed by atoms with Gasteiger partial charge < -0.3 is 19.7 Å². The number of benzene rings is 2. The van der Waals surface area contributed by atoms with Gasteiger partial charge in [-0.3, -0.25) is 10.1 Å². The molecule has 2 amide bonds. The summed E-state index contributed by atoms with van der Waals surface area (Å²) in [5, 5.41) is 20.8. The van der Waals surface area contributed by atoms with Crippen molar-refractivity contribution >= 4 is 12.0 Å². The van der Waals surface area contributed by atoms with Gasteiger partial charge in [-0.05, 0) is 24.6 Å². The molecule has 0 aliphatic rings. The maximum absolute atomic E-state index is 12.5. The molecule has 156 valence electrons. The monoisotopic (exact) mass is 401 g/mol. The number of aliphatic hydroxyl groups excluding tert-OH is 2. The zero-order valence-corrected chi connectivity index (χ0v) is 16.6. The lowest BCUT2D eigenvalue weighted by molar-refractivity contribution is 0.00694. The second kappa shape index (κ2) is 10.6. The van der Waals surface area contributed by atoms with Crippen LogP contribution >= 0.6 is 0 Å². The molecule has 7 nitrogen and oxygen atoms in total. The van der Waals surface area contributed by atoms with Crippen molar-refractivity contribution in [3.8, 4) is 5.75 Å². The Balaban J connectivity index is 2.25. The number of alkyl carbamates (subject to hydrolysis) is 1. The lowest BCUT2D eigenvalue weighted by atomic mass is 9.79. The fraction of sp³-hybridized carbons (Fsp3) is 0.364. The zero-order valence-electron chi connectivity index (χ0n) is 16.6. The molecule has 0 heterocycles. The first-order chi connectivity index (χ1) is 13.9. The molecule has 0 bridgehead atoms. The fourth-order valence-electron chi connectivity index (χ4n) is 2.94. The Kier molecular flexibility index (Phi) is 8.18. The van der Waals surface area contributed by atoms with Crippen LogP contribution in [0.2, 0.25) is 0 Å². The lowest BCUT2D eigenvalue weighted by Crippen LogP contribution is -2.36. The Morgan fingerprint density at radius 3 is 2.31 bits per heavy atom. The fourth-order valence-corrected chi connectivity index (χ4v) is 2.94. The largest absolute Gasteiger partial charge is 0.491 e. The molecule has 0 saturated carbocycles. The van der Waals surface area contributed by atoms with Gasteiger partial charge in [0, 0.05) is 23.1 Å². The first kappa shape index (κ1) is 22.4. The molecule has 0 fully saturated rings. The van der Waals surface area contributed by atoms with E-state index in [-0.39, 0.29) is 19.8 Å². The molecular formula is C22H27NO6. The number of nitrogens with one attached hydrogen (secondary N) is 1. The molecule has 0 aliphatic heterocycles. The van der Waals surface area contributed by atoms with Crippen molar-refractivity contribution in [2.45, 2.75) is 26.4 Å². The molecule has 0 radical (unpaired) electrons. The van der Waals surface area contributed by atoms with Gasteiger partial charge in [0.25, 0.3) is 5.91 Å². The quantitative estimate of drug-likeness (QED) is 0.596. The van der Waals surface area contributed by atoms with E-state index < -0.39 is 23.5 Å². The zero-order chi connectivity index (χ0) is 21.3. The molecule has 0 aromatic heterocycles. The molecule has 0 unspecified atom stereocenters. The third-order valence-electron chi connectivity index (χ3n) is 4.49. The smallest absolute Gasteiger partial charge is 0.414 e. The predicted octanol–water partition coefficient (Wildman–Crippen LogP) is 3.07. The number of imide groups is 1. The average molecular weight is 401 g/mol. The number of carbonyl (C=O) groups excluding carboxylic acids is 2. The Hall–Kier alpha value is -2.90. The van der Waals surface area contributed by atoms with Crippen molar-refractivity contribution in [2.75, 3.05) is 19.8 Å². The second-order valence-electron chi connectivity index (χ2n) is 7.18. The number of aliphatic hydroxyl groups is 2. The summed E-state index contributed by atoms with van der Waals surface area (Å²) < 4.78 is 11.2. The highest BCUT2D eigenvalue weighted by atomic mass is 16.6. The summed E-state index contributed by atoms with van der Waals surface area (Å²) in [5.41, 5.74) is 0.268. The average Bonchev–Trinajstić information content (AvgIpc) is 2.71. The van der Waals surface area contributed by atoms with E-state index in [0.29, 0.717) is 23.3 Å². The predicted molar refractivity (Wildman–Crippen MR) is 108 cm³/mol. The van der Waals surface area contributed by atoms with Gasteiger partial charge in [-0.2, -0.15) is 0 Å². The van der Waals surface area contributed by atoms with Crippen molar-refractivity contribution < 1.29 is 29.3 Å². The number of hydrogen-bond acceptors (Lipinski definition) is 6. The highest BCUT2D eigenvalue weighted by molar-refractivity contribution is 6.02. The van der Waals surface area contributed by atoms with Crippen LogP contribution in [0, 0.1) is 5.41 Å². The molecular weight excluding hydrogens is 374 g/mol. The summed E-state index contributed by atoms with van der Waals surface area (Å²) in [4.78, 5) is 24.7. The van der Waals surface area contributed by atoms with E-state index in [9.17, 15) is 14.7 Å². The molecule has 3 N–H and O–H groups in total. The van der Waals surface area contributed by atoms with E-state index in [2.05, 4.69) is 5.32 Å². The number of amides is 2. The maximum atomic E-state index is 12.5. The molecule has 2 rings (SSSR count). The van der Waals surface area contributed by atoms with Crippen LogP contribution in [-0.2, 0) is 4.74 Å². The van der Waals surface area contributed by atoms with E-state index in [1.54, 1.807) is 54.6 Å². The van der Waals surface area contributed by atoms with Gasteiger partial charge in [-0.1, -0.05) is 50.2 Å². The van der Waals surface area contributed by atoms with Crippen LogP contribution in [0.15, 0.2) is 54.6 Å². The molecule has 29 heavy (non-hydrogen) atoms. The first-order valence-corrected chi connectivity index (χ1v) is 9.39. The first-order valence-electron chi connectivity index (χ1n) is 9.39. The minimum absolute atomic E-state index is 0.0862. The number of carbonyl (C=O) groups is 2. The van der Waals surface area contributed by atoms with E-state index >= 15 is 0 Å². The van der Waals surface area contributed by atoms with Gasteiger partial charge in [-0.15, -0.1) is 0 Å². The van der Waals surface area contributed by atoms with Crippen LogP contribution in [-0.4, -0.2) is 42.0 Å². The van der Waals surface area contributed by atoms with Crippen LogP contribution in [0.25, 0.3) is 0 Å². The molecule has 0 spiro atoms. The third kappa shape index (κ3) is 6.30. The van der Waals surface area contributed by atoms with Crippen LogP contribution in [0.3, 0.4) is 0 Å². The number of para-hydroxylation sites is 1. The summed E-state index contributed by atoms with van der Waals surface area (Å²) in [6, 6.07) is 15.4. The van der Waals surface area contributed by atoms with Crippen molar-refractivity contribution in [2.24, 2.45) is 5.41 Å². The molecule has 0 saturated heterocycles. The van der Waals surface area contributed by atoms with E-state index in [1.165, 1.54) is 0 Å². The van der Waals surface area contributed by atoms with Crippen molar-refractivity contribution in [3.63, 3.8) is 0 Å². The highest BCUT2D eigenvalue weighted by Gasteiger charge is 2.36. The highest BCUT2D eigenvalue weighted by Crippen LogP contribution is 2.42. The number of hydrogen-bond donors (Lipinski definition) is 3. The van der Waals surface area contributed by atoms with Crippen molar-refractivity contribution in [1.29, 1.82) is 0 Å². The lowest BCUT2D eigenvalue weighted by Gasteiger charge is -2.34. The standard InChI is InChI=1S/C22H27NO6/c1-22(2,12-13-24)19(17-10-6-7-11-18(17)28-15-14-25)29-21(27)23-20(26)16-8-4-3-5-9-16/h3-11,19,24-25H,12-15H2,1-2H3,(H,23,26,27)/t19-/m0/s1. The van der Waals surface area contributed by atoms with Gasteiger partial charge in [0.2, 0.25) is 0 Å². The van der Waals surface area contributed by atoms with E-state index in [1.807, 2.05) is 13.8 Å². The van der Waals surface area contributed by atoms with Crippen LogP contribution in [0.4, 0.5) is 4.79 Å². The Morgan fingerprint density at radius 1 is 1.00 bits per heavy atom. The molecule has 0 aliphatic carbocycles. The third-order valence-corrected chi connectivity index (χ3v) is 4.49. The Morgan fingerprint density at radius 2 is 1.66 bits per heavy atom. The van der Waals surface area contributed by atoms with Crippen LogP contribution < -0.4 is 10.1 Å². The van der Waals surface area contributed by atoms with Gasteiger partial charge in [0.15, 0.2) is 0 Å². The van der Waals surface area contributed by atoms with Gasteiger partial charge in [0.05, 0.1) is 6.61 Å². The van der Waals surface area contributed by atoms with Gasteiger partial charge in [0.1, 0.15) is 18.5 Å². The summed E-state index contributed by atoms with van der Waals surface area (Å²) in [6.07, 6.45) is -1.34. The SMILES string of the molecule is CC(C)(CCO)[C@@H](OC(=O)NC(=O)c1ccccc1)c1ccccc1OCCO. The van der Waals surface area contributed by atoms with Gasteiger partial charge in [-0.25, -0.2) is 4.79 Å². The second-order valence-corrected chi connectivity index (χ2v) is 7.18. The summed E-state index contributed by atoms with van der Waals surface area (Å²) in [6.45, 7) is 3.53. The maximum Gasteiger partial charge on any atom is 0.414 e. The van der Waals surface area contributed by atoms with Gasteiger partial charge >= 0.3 is 6.09 Å². The normalized spacial score (nSPS) is 12.1. The van der Waals surface area contributed by atoms with Crippen molar-refractivity contribution in [3.05, 3.63) is 65.7 Å². The van der Waals surface area contributed by atoms with E-state index in [0.717, 1.165) is 0 Å². The molecule has 1 atom stereocenters. The topological polar surface area (TPSA) is 105 Å². The Bertz CT molecular complexity index is 806. The molecule has 7 heteroatoms. The summed E-state index contributed by atoms with van der Waals surface area (Å²) in [5.74, 6) is -0.112. The van der Waals surface area contributed by atoms with Crippen LogP contribution in [0.1, 0.15) is 42.3 Å². The molecule has 2 aromatic rings. The van der Waals surface area contributed by atoms with Crippen LogP contribution in [0.5, 0.6) is 5.75 Å². The van der Waals surface area contributed by atoms with Crippen molar-refractivity contribution in [1.82, 2.24) is 5.32 Å². The number of rotatable bonds is 9. The number of ether oxygens (including phenoxy) is 2. The molecule has 2 aromatic carbocycles.